The summed E-state index contributed by atoms with van der Waals surface area (Å²) in [6, 6.07) is 17.4. The molecule has 1 fully saturated rings. The van der Waals surface area contributed by atoms with Crippen LogP contribution >= 0.6 is 0 Å². The lowest BCUT2D eigenvalue weighted by atomic mass is 9.96. The van der Waals surface area contributed by atoms with Gasteiger partial charge in [0.2, 0.25) is 15.9 Å². The van der Waals surface area contributed by atoms with Gasteiger partial charge < -0.3 is 9.64 Å². The molecule has 0 spiro atoms. The van der Waals surface area contributed by atoms with Gasteiger partial charge in [0.1, 0.15) is 5.75 Å². The number of rotatable bonds is 8. The molecule has 1 aliphatic rings. The lowest BCUT2D eigenvalue weighted by Crippen LogP contribution is -2.43. The van der Waals surface area contributed by atoms with Gasteiger partial charge in [0.05, 0.1) is 23.1 Å². The molecule has 0 radical (unpaired) electrons. The zero-order valence-electron chi connectivity index (χ0n) is 17.6. The summed E-state index contributed by atoms with van der Waals surface area (Å²) in [6.45, 7) is 1.74. The summed E-state index contributed by atoms with van der Waals surface area (Å²) in [5, 5.41) is 8.87. The first-order chi connectivity index (χ1) is 14.9. The first-order valence-electron chi connectivity index (χ1n) is 10.3. The molecule has 1 aliphatic heterocycles. The first-order valence-corrected chi connectivity index (χ1v) is 11.8. The molecular formula is C23H27N3O4S. The predicted octanol–water partition coefficient (Wildman–Crippen LogP) is 2.89. The maximum Gasteiger partial charge on any atom is 0.243 e. The lowest BCUT2D eigenvalue weighted by Gasteiger charge is -2.32. The van der Waals surface area contributed by atoms with E-state index in [0.717, 1.165) is 12.2 Å². The summed E-state index contributed by atoms with van der Waals surface area (Å²) in [7, 11) is -1.84. The molecule has 0 bridgehead atoms. The van der Waals surface area contributed by atoms with Crippen molar-refractivity contribution in [2.24, 2.45) is 5.92 Å². The van der Waals surface area contributed by atoms with Gasteiger partial charge in [-0.25, -0.2) is 8.42 Å². The van der Waals surface area contributed by atoms with Gasteiger partial charge in [-0.05, 0) is 55.7 Å². The van der Waals surface area contributed by atoms with Gasteiger partial charge in [-0.15, -0.1) is 0 Å². The van der Waals surface area contributed by atoms with E-state index in [9.17, 15) is 13.2 Å². The number of para-hydroxylation sites is 1. The number of sulfonamides is 1. The third-order valence-corrected chi connectivity index (χ3v) is 7.36. The molecule has 0 saturated carbocycles. The van der Waals surface area contributed by atoms with Gasteiger partial charge in [0.15, 0.2) is 0 Å². The van der Waals surface area contributed by atoms with Crippen LogP contribution in [0, 0.1) is 17.2 Å². The molecule has 0 aliphatic carbocycles. The van der Waals surface area contributed by atoms with Gasteiger partial charge in [0.25, 0.3) is 0 Å². The van der Waals surface area contributed by atoms with Crippen LogP contribution in [0.3, 0.4) is 0 Å². The van der Waals surface area contributed by atoms with E-state index in [1.807, 2.05) is 36.4 Å². The number of carbonyl (C=O) groups excluding carboxylic acids is 1. The number of nitriles is 1. The van der Waals surface area contributed by atoms with Crippen LogP contribution < -0.4 is 4.74 Å². The average molecular weight is 442 g/mol. The van der Waals surface area contributed by atoms with E-state index in [2.05, 4.69) is 0 Å². The number of hydrogen-bond acceptors (Lipinski definition) is 5. The number of piperidine rings is 1. The minimum absolute atomic E-state index is 0.0510. The van der Waals surface area contributed by atoms with E-state index < -0.39 is 10.0 Å². The van der Waals surface area contributed by atoms with Crippen molar-refractivity contribution in [3.05, 3.63) is 60.2 Å². The second-order valence-electron chi connectivity index (χ2n) is 7.59. The van der Waals surface area contributed by atoms with Gasteiger partial charge in [-0.1, -0.05) is 18.2 Å². The number of amides is 1. The Bertz CT molecular complexity index is 1010. The van der Waals surface area contributed by atoms with Crippen LogP contribution in [-0.2, 0) is 14.8 Å². The van der Waals surface area contributed by atoms with E-state index >= 15 is 0 Å². The third-order valence-electron chi connectivity index (χ3n) is 5.45. The van der Waals surface area contributed by atoms with Crippen LogP contribution in [-0.4, -0.2) is 56.8 Å². The topological polar surface area (TPSA) is 90.7 Å². The van der Waals surface area contributed by atoms with E-state index in [1.165, 1.54) is 28.6 Å². The fourth-order valence-electron chi connectivity index (χ4n) is 3.62. The summed E-state index contributed by atoms with van der Waals surface area (Å²) in [5.74, 6) is 0.690. The average Bonchev–Trinajstić information content (AvgIpc) is 2.82. The maximum atomic E-state index is 12.8. The standard InChI is InChI=1S/C23H27N3O4S/c1-25(14-5-17-30-21-6-3-2-4-7-21)23(27)20-12-15-26(16-13-20)31(28,29)22-10-8-19(18-24)9-11-22/h2-4,6-11,20H,5,12-17H2,1H3. The Morgan fingerprint density at radius 1 is 1.13 bits per heavy atom. The molecule has 0 N–H and O–H groups in total. The van der Waals surface area contributed by atoms with Gasteiger partial charge in [0, 0.05) is 32.6 Å². The summed E-state index contributed by atoms with van der Waals surface area (Å²) < 4.78 is 32.7. The predicted molar refractivity (Wildman–Crippen MR) is 117 cm³/mol. The third kappa shape index (κ3) is 5.84. The number of ether oxygens (including phenoxy) is 1. The zero-order valence-corrected chi connectivity index (χ0v) is 18.4. The van der Waals surface area contributed by atoms with Gasteiger partial charge in [-0.3, -0.25) is 4.79 Å². The smallest absolute Gasteiger partial charge is 0.243 e. The summed E-state index contributed by atoms with van der Waals surface area (Å²) in [4.78, 5) is 14.6. The molecule has 1 heterocycles. The lowest BCUT2D eigenvalue weighted by molar-refractivity contribution is -0.135. The Kier molecular flexibility index (Phi) is 7.66. The van der Waals surface area contributed by atoms with Gasteiger partial charge in [-0.2, -0.15) is 9.57 Å². The van der Waals surface area contributed by atoms with Crippen molar-refractivity contribution in [3.63, 3.8) is 0 Å². The molecule has 8 heteroatoms. The maximum absolute atomic E-state index is 12.8. The monoisotopic (exact) mass is 441 g/mol. The Balaban J connectivity index is 1.45. The quantitative estimate of drug-likeness (QED) is 0.588. The number of nitrogens with zero attached hydrogens (tertiary/aromatic N) is 3. The van der Waals surface area contributed by atoms with Crippen LogP contribution in [0.4, 0.5) is 0 Å². The van der Waals surface area contributed by atoms with E-state index in [-0.39, 0.29) is 16.7 Å². The molecule has 7 nitrogen and oxygen atoms in total. The highest BCUT2D eigenvalue weighted by atomic mass is 32.2. The van der Waals surface area contributed by atoms with Crippen molar-refractivity contribution >= 4 is 15.9 Å². The molecule has 0 atom stereocenters. The SMILES string of the molecule is CN(CCCOc1ccccc1)C(=O)C1CCN(S(=O)(=O)c2ccc(C#N)cc2)CC1. The largest absolute Gasteiger partial charge is 0.494 e. The fraction of sp³-hybridized carbons (Fsp3) is 0.391. The van der Waals surface area contributed by atoms with Crippen LogP contribution in [0.1, 0.15) is 24.8 Å². The van der Waals surface area contributed by atoms with Crippen LogP contribution in [0.25, 0.3) is 0 Å². The zero-order chi connectivity index (χ0) is 22.3. The Hall–Kier alpha value is -2.89. The highest BCUT2D eigenvalue weighted by Crippen LogP contribution is 2.25. The molecule has 3 rings (SSSR count). The molecule has 1 saturated heterocycles. The summed E-state index contributed by atoms with van der Waals surface area (Å²) in [5.41, 5.74) is 0.417. The second-order valence-corrected chi connectivity index (χ2v) is 9.53. The Morgan fingerprint density at radius 2 is 1.77 bits per heavy atom. The van der Waals surface area contributed by atoms with Crippen LogP contribution in [0.5, 0.6) is 5.75 Å². The van der Waals surface area contributed by atoms with Crippen molar-refractivity contribution in [3.8, 4) is 11.8 Å². The van der Waals surface area contributed by atoms with Crippen molar-refractivity contribution in [1.82, 2.24) is 9.21 Å². The second kappa shape index (κ2) is 10.4. The van der Waals surface area contributed by atoms with Crippen molar-refractivity contribution in [1.29, 1.82) is 5.26 Å². The Labute approximate surface area is 183 Å². The van der Waals surface area contributed by atoms with Crippen molar-refractivity contribution < 1.29 is 17.9 Å². The molecule has 31 heavy (non-hydrogen) atoms. The molecule has 1 amide bonds. The molecule has 0 aromatic heterocycles. The fourth-order valence-corrected chi connectivity index (χ4v) is 5.09. The van der Waals surface area contributed by atoms with E-state index in [0.29, 0.717) is 44.6 Å². The van der Waals surface area contributed by atoms with Crippen molar-refractivity contribution in [2.75, 3.05) is 33.3 Å². The first kappa shape index (κ1) is 22.8. The minimum atomic E-state index is -3.62. The summed E-state index contributed by atoms with van der Waals surface area (Å²) >= 11 is 0. The van der Waals surface area contributed by atoms with Crippen LogP contribution in [0.2, 0.25) is 0 Å². The van der Waals surface area contributed by atoms with E-state index in [1.54, 1.807) is 11.9 Å². The normalized spacial score (nSPS) is 15.2. The number of hydrogen-bond donors (Lipinski definition) is 0. The number of carbonyl (C=O) groups is 1. The minimum Gasteiger partial charge on any atom is -0.494 e. The number of benzene rings is 2. The summed E-state index contributed by atoms with van der Waals surface area (Å²) in [6.07, 6.45) is 1.72. The molecule has 0 unspecified atom stereocenters. The van der Waals surface area contributed by atoms with Crippen molar-refractivity contribution in [2.45, 2.75) is 24.2 Å². The van der Waals surface area contributed by atoms with Crippen LogP contribution in [0.15, 0.2) is 59.5 Å². The molecule has 2 aromatic carbocycles. The van der Waals surface area contributed by atoms with Gasteiger partial charge >= 0.3 is 0 Å². The highest BCUT2D eigenvalue weighted by Gasteiger charge is 2.33. The van der Waals surface area contributed by atoms with E-state index in [4.69, 9.17) is 10.00 Å². The highest BCUT2D eigenvalue weighted by molar-refractivity contribution is 7.89. The molecule has 164 valence electrons. The molecule has 2 aromatic rings. The molecular weight excluding hydrogens is 414 g/mol. The Morgan fingerprint density at radius 3 is 2.39 bits per heavy atom.